The van der Waals surface area contributed by atoms with E-state index in [1.54, 1.807) is 12.1 Å². The Morgan fingerprint density at radius 2 is 2.35 bits per heavy atom. The third-order valence-electron chi connectivity index (χ3n) is 3.02. The number of benzene rings is 1. The standard InChI is InChI=1S/C12H16N2O3/c1-7-10(4-5-17-7)14-11-3-2-8(12(15)16)6-9(11)13/h2-3,6-7,10,14H,4-5,13H2,1H3,(H,15,16). The Balaban J connectivity index is 2.14. The Morgan fingerprint density at radius 3 is 2.88 bits per heavy atom. The summed E-state index contributed by atoms with van der Waals surface area (Å²) in [5, 5.41) is 12.1. The van der Waals surface area contributed by atoms with Crippen LogP contribution in [0.4, 0.5) is 11.4 Å². The number of anilines is 2. The first kappa shape index (κ1) is 11.7. The second-order valence-electron chi connectivity index (χ2n) is 4.22. The van der Waals surface area contributed by atoms with Gasteiger partial charge in [-0.15, -0.1) is 0 Å². The highest BCUT2D eigenvalue weighted by Crippen LogP contribution is 2.24. The lowest BCUT2D eigenvalue weighted by molar-refractivity contribution is 0.0697. The molecule has 0 aliphatic carbocycles. The second-order valence-corrected chi connectivity index (χ2v) is 4.22. The van der Waals surface area contributed by atoms with Crippen molar-refractivity contribution in [1.82, 2.24) is 0 Å². The molecular formula is C12H16N2O3. The van der Waals surface area contributed by atoms with Gasteiger partial charge in [-0.1, -0.05) is 0 Å². The lowest BCUT2D eigenvalue weighted by Gasteiger charge is -2.18. The van der Waals surface area contributed by atoms with Crippen molar-refractivity contribution >= 4 is 17.3 Å². The molecular weight excluding hydrogens is 220 g/mol. The molecule has 1 saturated heterocycles. The van der Waals surface area contributed by atoms with E-state index in [4.69, 9.17) is 15.6 Å². The molecule has 1 heterocycles. The number of aromatic carboxylic acids is 1. The third kappa shape index (κ3) is 2.50. The predicted octanol–water partition coefficient (Wildman–Crippen LogP) is 1.56. The van der Waals surface area contributed by atoms with Crippen LogP contribution in [0.3, 0.4) is 0 Å². The van der Waals surface area contributed by atoms with Crippen LogP contribution < -0.4 is 11.1 Å². The fraction of sp³-hybridized carbons (Fsp3) is 0.417. The highest BCUT2D eigenvalue weighted by molar-refractivity contribution is 5.90. The molecule has 0 radical (unpaired) electrons. The number of carboxylic acid groups (broad SMARTS) is 1. The van der Waals surface area contributed by atoms with Crippen LogP contribution >= 0.6 is 0 Å². The Labute approximate surface area is 99.6 Å². The maximum atomic E-state index is 10.8. The molecule has 1 aliphatic rings. The average molecular weight is 236 g/mol. The smallest absolute Gasteiger partial charge is 0.335 e. The maximum Gasteiger partial charge on any atom is 0.335 e. The summed E-state index contributed by atoms with van der Waals surface area (Å²) >= 11 is 0. The molecule has 0 amide bonds. The number of nitrogens with two attached hydrogens (primary N) is 1. The molecule has 2 rings (SSSR count). The summed E-state index contributed by atoms with van der Waals surface area (Å²) in [5.74, 6) is -0.971. The minimum atomic E-state index is -0.971. The van der Waals surface area contributed by atoms with Crippen molar-refractivity contribution in [3.05, 3.63) is 23.8 Å². The minimum Gasteiger partial charge on any atom is -0.478 e. The van der Waals surface area contributed by atoms with Crippen LogP contribution in [0.5, 0.6) is 0 Å². The number of carboxylic acids is 1. The molecule has 1 aliphatic heterocycles. The van der Waals surface area contributed by atoms with Crippen LogP contribution in [0.2, 0.25) is 0 Å². The number of ether oxygens (including phenoxy) is 1. The molecule has 5 heteroatoms. The molecule has 1 fully saturated rings. The largest absolute Gasteiger partial charge is 0.478 e. The summed E-state index contributed by atoms with van der Waals surface area (Å²) in [6.45, 7) is 2.75. The van der Waals surface area contributed by atoms with E-state index in [0.29, 0.717) is 5.69 Å². The monoisotopic (exact) mass is 236 g/mol. The van der Waals surface area contributed by atoms with E-state index in [1.165, 1.54) is 6.07 Å². The highest BCUT2D eigenvalue weighted by atomic mass is 16.5. The maximum absolute atomic E-state index is 10.8. The molecule has 1 aromatic rings. The Morgan fingerprint density at radius 1 is 1.59 bits per heavy atom. The zero-order valence-corrected chi connectivity index (χ0v) is 9.64. The van der Waals surface area contributed by atoms with Crippen molar-refractivity contribution in [2.24, 2.45) is 0 Å². The first-order chi connectivity index (χ1) is 8.08. The molecule has 2 atom stereocenters. The Hall–Kier alpha value is -1.75. The van der Waals surface area contributed by atoms with Crippen LogP contribution in [-0.4, -0.2) is 29.8 Å². The van der Waals surface area contributed by atoms with Gasteiger partial charge >= 0.3 is 5.97 Å². The summed E-state index contributed by atoms with van der Waals surface area (Å²) in [6.07, 6.45) is 1.08. The van der Waals surface area contributed by atoms with Gasteiger partial charge in [-0.2, -0.15) is 0 Å². The topological polar surface area (TPSA) is 84.6 Å². The predicted molar refractivity (Wildman–Crippen MR) is 65.3 cm³/mol. The Kier molecular flexibility index (Phi) is 3.19. The van der Waals surface area contributed by atoms with Crippen molar-refractivity contribution in [3.8, 4) is 0 Å². The van der Waals surface area contributed by atoms with E-state index >= 15 is 0 Å². The quantitative estimate of drug-likeness (QED) is 0.693. The van der Waals surface area contributed by atoms with E-state index < -0.39 is 5.97 Å². The normalized spacial score (nSPS) is 23.6. The van der Waals surface area contributed by atoms with Crippen molar-refractivity contribution in [2.75, 3.05) is 17.7 Å². The van der Waals surface area contributed by atoms with Crippen LogP contribution in [0, 0.1) is 0 Å². The van der Waals surface area contributed by atoms with E-state index in [2.05, 4.69) is 5.32 Å². The summed E-state index contributed by atoms with van der Waals surface area (Å²) in [6, 6.07) is 4.93. The molecule has 92 valence electrons. The van der Waals surface area contributed by atoms with Gasteiger partial charge < -0.3 is 20.9 Å². The van der Waals surface area contributed by atoms with Gasteiger partial charge in [-0.3, -0.25) is 0 Å². The van der Waals surface area contributed by atoms with Crippen molar-refractivity contribution in [3.63, 3.8) is 0 Å². The van der Waals surface area contributed by atoms with Gasteiger partial charge in [0.25, 0.3) is 0 Å². The molecule has 4 N–H and O–H groups in total. The summed E-state index contributed by atoms with van der Waals surface area (Å²) in [4.78, 5) is 10.8. The van der Waals surface area contributed by atoms with Crippen LogP contribution in [0.15, 0.2) is 18.2 Å². The number of nitrogens with one attached hydrogen (secondary N) is 1. The van der Waals surface area contributed by atoms with E-state index in [1.807, 2.05) is 6.92 Å². The van der Waals surface area contributed by atoms with Gasteiger partial charge in [0.1, 0.15) is 0 Å². The first-order valence-corrected chi connectivity index (χ1v) is 5.59. The molecule has 0 spiro atoms. The fourth-order valence-corrected chi connectivity index (χ4v) is 1.95. The molecule has 5 nitrogen and oxygen atoms in total. The first-order valence-electron chi connectivity index (χ1n) is 5.59. The molecule has 1 aromatic carbocycles. The number of carbonyl (C=O) groups is 1. The van der Waals surface area contributed by atoms with E-state index in [-0.39, 0.29) is 17.7 Å². The molecule has 0 bridgehead atoms. The number of hydrogen-bond acceptors (Lipinski definition) is 4. The zero-order chi connectivity index (χ0) is 12.4. The number of hydrogen-bond donors (Lipinski definition) is 3. The van der Waals surface area contributed by atoms with Gasteiger partial charge in [0, 0.05) is 6.61 Å². The number of nitrogen functional groups attached to an aromatic ring is 1. The SMILES string of the molecule is CC1OCCC1Nc1ccc(C(=O)O)cc1N. The molecule has 17 heavy (non-hydrogen) atoms. The van der Waals surface area contributed by atoms with Gasteiger partial charge in [0.05, 0.1) is 29.1 Å². The molecule has 2 unspecified atom stereocenters. The van der Waals surface area contributed by atoms with Crippen LogP contribution in [0.1, 0.15) is 23.7 Å². The lowest BCUT2D eigenvalue weighted by atomic mass is 10.1. The third-order valence-corrected chi connectivity index (χ3v) is 3.02. The van der Waals surface area contributed by atoms with Gasteiger partial charge in [-0.05, 0) is 31.5 Å². The van der Waals surface area contributed by atoms with Crippen molar-refractivity contribution in [2.45, 2.75) is 25.5 Å². The van der Waals surface area contributed by atoms with Gasteiger partial charge in [0.2, 0.25) is 0 Å². The molecule has 0 aromatic heterocycles. The van der Waals surface area contributed by atoms with Gasteiger partial charge in [-0.25, -0.2) is 4.79 Å². The summed E-state index contributed by atoms with van der Waals surface area (Å²) in [7, 11) is 0. The lowest BCUT2D eigenvalue weighted by Crippen LogP contribution is -2.27. The number of rotatable bonds is 3. The Bertz CT molecular complexity index is 434. The zero-order valence-electron chi connectivity index (χ0n) is 9.64. The van der Waals surface area contributed by atoms with Crippen molar-refractivity contribution in [1.29, 1.82) is 0 Å². The minimum absolute atomic E-state index is 0.147. The van der Waals surface area contributed by atoms with Crippen LogP contribution in [-0.2, 0) is 4.74 Å². The van der Waals surface area contributed by atoms with E-state index in [9.17, 15) is 4.79 Å². The van der Waals surface area contributed by atoms with Crippen molar-refractivity contribution < 1.29 is 14.6 Å². The fourth-order valence-electron chi connectivity index (χ4n) is 1.95. The molecule has 0 saturated carbocycles. The summed E-state index contributed by atoms with van der Waals surface area (Å²) in [5.41, 5.74) is 7.22. The highest BCUT2D eigenvalue weighted by Gasteiger charge is 2.24. The second kappa shape index (κ2) is 4.63. The van der Waals surface area contributed by atoms with Crippen LogP contribution in [0.25, 0.3) is 0 Å². The average Bonchev–Trinajstić information content (AvgIpc) is 2.67. The van der Waals surface area contributed by atoms with Gasteiger partial charge in [0.15, 0.2) is 0 Å². The summed E-state index contributed by atoms with van der Waals surface area (Å²) < 4.78 is 5.44. The van der Waals surface area contributed by atoms with E-state index in [0.717, 1.165) is 18.7 Å².